The number of halogens is 4. The van der Waals surface area contributed by atoms with Gasteiger partial charge in [-0.3, -0.25) is 14.6 Å². The van der Waals surface area contributed by atoms with Gasteiger partial charge in [-0.2, -0.15) is 13.2 Å². The highest BCUT2D eigenvalue weighted by Crippen LogP contribution is 2.26. The van der Waals surface area contributed by atoms with Crippen molar-refractivity contribution in [3.63, 3.8) is 0 Å². The van der Waals surface area contributed by atoms with Crippen LogP contribution in [0.4, 0.5) is 23.2 Å². The summed E-state index contributed by atoms with van der Waals surface area (Å²) in [7, 11) is 0. The second kappa shape index (κ2) is 13.7. The van der Waals surface area contributed by atoms with Crippen molar-refractivity contribution >= 4 is 39.0 Å². The highest BCUT2D eigenvalue weighted by Gasteiger charge is 2.38. The number of alkyl halides is 3. The first-order valence-corrected chi connectivity index (χ1v) is 13.8. The number of carbonyl (C=O) groups excluding carboxylic acids is 1. The topological polar surface area (TPSA) is 72.9 Å². The van der Waals surface area contributed by atoms with Gasteiger partial charge in [0.2, 0.25) is 0 Å². The Morgan fingerprint density at radius 3 is 2.10 bits per heavy atom. The van der Waals surface area contributed by atoms with Gasteiger partial charge in [0.15, 0.2) is 0 Å². The fourth-order valence-electron chi connectivity index (χ4n) is 4.48. The molecule has 1 aromatic heterocycles. The molecule has 1 aliphatic heterocycles. The Hall–Kier alpha value is -3.80. The zero-order valence-electron chi connectivity index (χ0n) is 22.0. The van der Waals surface area contributed by atoms with E-state index in [-0.39, 0.29) is 11.7 Å². The van der Waals surface area contributed by atoms with E-state index in [1.165, 1.54) is 29.0 Å². The van der Waals surface area contributed by atoms with Crippen molar-refractivity contribution in [3.8, 4) is 0 Å². The van der Waals surface area contributed by atoms with Crippen LogP contribution in [0.25, 0.3) is 10.1 Å². The molecule has 0 saturated carbocycles. The largest absolute Gasteiger partial charge is 0.490 e. The maximum atomic E-state index is 13.2. The zero-order chi connectivity index (χ0) is 29.4. The molecule has 41 heavy (non-hydrogen) atoms. The average molecular weight is 588 g/mol. The first-order valence-electron chi connectivity index (χ1n) is 12.9. The molecule has 1 amide bonds. The van der Waals surface area contributed by atoms with Gasteiger partial charge in [-0.15, -0.1) is 11.3 Å². The molecule has 1 aliphatic rings. The lowest BCUT2D eigenvalue weighted by Crippen LogP contribution is -2.30. The summed E-state index contributed by atoms with van der Waals surface area (Å²) >= 11 is 1.52. The minimum absolute atomic E-state index is 0.0652. The van der Waals surface area contributed by atoms with Crippen molar-refractivity contribution in [2.45, 2.75) is 25.7 Å². The van der Waals surface area contributed by atoms with E-state index in [2.05, 4.69) is 27.2 Å². The lowest BCUT2D eigenvalue weighted by atomic mass is 10.1. The summed E-state index contributed by atoms with van der Waals surface area (Å²) in [5.74, 6) is -3.01. The van der Waals surface area contributed by atoms with E-state index < -0.39 is 12.1 Å². The minimum Gasteiger partial charge on any atom is -0.475 e. The molecule has 2 heterocycles. The van der Waals surface area contributed by atoms with E-state index in [0.717, 1.165) is 71.9 Å². The van der Waals surface area contributed by atoms with Gasteiger partial charge < -0.3 is 10.4 Å². The average Bonchev–Trinajstić information content (AvgIpc) is 3.26. The van der Waals surface area contributed by atoms with Gasteiger partial charge in [0.25, 0.3) is 5.91 Å². The zero-order valence-corrected chi connectivity index (χ0v) is 22.9. The van der Waals surface area contributed by atoms with E-state index in [1.54, 1.807) is 0 Å². The fraction of sp³-hybridized carbons (Fsp3) is 0.267. The molecule has 5 rings (SSSR count). The fourth-order valence-corrected chi connectivity index (χ4v) is 5.44. The Morgan fingerprint density at radius 1 is 0.829 bits per heavy atom. The molecule has 0 bridgehead atoms. The van der Waals surface area contributed by atoms with E-state index >= 15 is 0 Å². The van der Waals surface area contributed by atoms with Crippen LogP contribution in [0, 0.1) is 5.82 Å². The lowest BCUT2D eigenvalue weighted by Gasteiger charge is -2.22. The van der Waals surface area contributed by atoms with Crippen LogP contribution in [0.15, 0.2) is 78.9 Å². The van der Waals surface area contributed by atoms with Gasteiger partial charge in [-0.25, -0.2) is 9.18 Å². The second-order valence-corrected chi connectivity index (χ2v) is 10.7. The third-order valence-electron chi connectivity index (χ3n) is 6.48. The number of carboxylic acids is 1. The molecule has 2 N–H and O–H groups in total. The smallest absolute Gasteiger partial charge is 0.475 e. The molecule has 0 aliphatic carbocycles. The number of carbonyl (C=O) groups is 2. The highest BCUT2D eigenvalue weighted by molar-refractivity contribution is 7.20. The number of carboxylic acid groups (broad SMARTS) is 1. The van der Waals surface area contributed by atoms with Crippen LogP contribution in [0.5, 0.6) is 0 Å². The Balaban J connectivity index is 0.000000493. The maximum absolute atomic E-state index is 13.2. The standard InChI is InChI=1S/C28H28FN3OS.C2HF3O2/c29-24-11-9-21(10-12-24)19-31-13-4-14-32(16-15-31)20-22-5-3-7-25(17-22)30-28(33)27-18-23-6-1-2-8-26(23)34-27;3-2(4,5)1(6)7/h1-3,5-12,17-18H,4,13-16,19-20H2,(H,30,33);(H,6,7). The number of amides is 1. The van der Waals surface area contributed by atoms with Crippen LogP contribution in [-0.4, -0.2) is 59.1 Å². The van der Waals surface area contributed by atoms with Crippen LogP contribution in [0.1, 0.15) is 27.2 Å². The summed E-state index contributed by atoms with van der Waals surface area (Å²) in [6.45, 7) is 5.76. The number of hydrogen-bond donors (Lipinski definition) is 2. The number of nitrogens with one attached hydrogen (secondary N) is 1. The molecular formula is C30H29F4N3O3S. The second-order valence-electron chi connectivity index (χ2n) is 9.64. The van der Waals surface area contributed by atoms with Gasteiger partial charge >= 0.3 is 12.1 Å². The number of fused-ring (bicyclic) bond motifs is 1. The van der Waals surface area contributed by atoms with Crippen molar-refractivity contribution in [3.05, 3.63) is 101 Å². The van der Waals surface area contributed by atoms with Crippen molar-refractivity contribution in [2.75, 3.05) is 31.5 Å². The molecule has 3 aromatic carbocycles. The molecule has 216 valence electrons. The normalized spacial score (nSPS) is 14.6. The summed E-state index contributed by atoms with van der Waals surface area (Å²) in [5.41, 5.74) is 3.17. The molecule has 0 unspecified atom stereocenters. The Kier molecular flexibility index (Phi) is 10.1. The first kappa shape index (κ1) is 30.2. The molecule has 0 radical (unpaired) electrons. The van der Waals surface area contributed by atoms with E-state index in [4.69, 9.17) is 9.90 Å². The SMILES string of the molecule is O=C(Nc1cccc(CN2CCCN(Cc3ccc(F)cc3)CC2)c1)c1cc2ccccc2s1.O=C(O)C(F)(F)F. The van der Waals surface area contributed by atoms with Gasteiger partial charge in [-0.1, -0.05) is 42.5 Å². The summed E-state index contributed by atoms with van der Waals surface area (Å²) in [5, 5.41) is 11.3. The molecule has 1 saturated heterocycles. The number of rotatable bonds is 6. The highest BCUT2D eigenvalue weighted by atomic mass is 32.1. The van der Waals surface area contributed by atoms with Crippen molar-refractivity contribution < 1.29 is 32.3 Å². The molecule has 6 nitrogen and oxygen atoms in total. The Morgan fingerprint density at radius 2 is 1.46 bits per heavy atom. The first-order chi connectivity index (χ1) is 19.6. The molecule has 11 heteroatoms. The number of anilines is 1. The molecule has 4 aromatic rings. The van der Waals surface area contributed by atoms with Gasteiger partial charge in [0, 0.05) is 36.6 Å². The maximum Gasteiger partial charge on any atom is 0.490 e. The number of aliphatic carboxylic acids is 1. The van der Waals surface area contributed by atoms with Gasteiger partial charge in [-0.05, 0) is 72.4 Å². The minimum atomic E-state index is -5.08. The number of nitrogens with zero attached hydrogens (tertiary/aromatic N) is 2. The predicted octanol–water partition coefficient (Wildman–Crippen LogP) is 6.63. The summed E-state index contributed by atoms with van der Waals surface area (Å²) in [6.07, 6.45) is -3.98. The Labute approximate surface area is 238 Å². The summed E-state index contributed by atoms with van der Waals surface area (Å²) < 4.78 is 46.0. The Bertz CT molecular complexity index is 1440. The summed E-state index contributed by atoms with van der Waals surface area (Å²) in [4.78, 5) is 27.3. The number of thiophene rings is 1. The van der Waals surface area contributed by atoms with Crippen LogP contribution < -0.4 is 5.32 Å². The quantitative estimate of drug-likeness (QED) is 0.248. The lowest BCUT2D eigenvalue weighted by molar-refractivity contribution is -0.192. The third kappa shape index (κ3) is 9.10. The van der Waals surface area contributed by atoms with E-state index in [0.29, 0.717) is 0 Å². The molecule has 0 atom stereocenters. The van der Waals surface area contributed by atoms with E-state index in [9.17, 15) is 22.4 Å². The number of benzene rings is 3. The summed E-state index contributed by atoms with van der Waals surface area (Å²) in [6, 6.07) is 25.0. The van der Waals surface area contributed by atoms with Crippen LogP contribution in [-0.2, 0) is 17.9 Å². The molecular weight excluding hydrogens is 558 g/mol. The predicted molar refractivity (Wildman–Crippen MR) is 151 cm³/mol. The monoisotopic (exact) mass is 587 g/mol. The van der Waals surface area contributed by atoms with Crippen molar-refractivity contribution in [2.24, 2.45) is 0 Å². The van der Waals surface area contributed by atoms with Gasteiger partial charge in [0.1, 0.15) is 5.82 Å². The van der Waals surface area contributed by atoms with Crippen LogP contribution in [0.2, 0.25) is 0 Å². The van der Waals surface area contributed by atoms with Crippen molar-refractivity contribution in [1.29, 1.82) is 0 Å². The molecule has 0 spiro atoms. The van der Waals surface area contributed by atoms with Gasteiger partial charge in [0.05, 0.1) is 4.88 Å². The van der Waals surface area contributed by atoms with Crippen molar-refractivity contribution in [1.82, 2.24) is 9.80 Å². The van der Waals surface area contributed by atoms with Crippen LogP contribution in [0.3, 0.4) is 0 Å². The molecule has 1 fully saturated rings. The third-order valence-corrected chi connectivity index (χ3v) is 7.60. The van der Waals surface area contributed by atoms with Crippen LogP contribution >= 0.6 is 11.3 Å². The number of hydrogen-bond acceptors (Lipinski definition) is 5. The van der Waals surface area contributed by atoms with E-state index in [1.807, 2.05) is 54.6 Å².